The summed E-state index contributed by atoms with van der Waals surface area (Å²) in [5.74, 6) is -0.795. The molecule has 1 aromatic heterocycles. The number of amides is 1. The molecule has 0 aliphatic heterocycles. The quantitative estimate of drug-likeness (QED) is 0.937. The van der Waals surface area contributed by atoms with E-state index in [9.17, 15) is 18.0 Å². The Balaban J connectivity index is 2.37. The van der Waals surface area contributed by atoms with Crippen LogP contribution >= 0.6 is 11.6 Å². The molecule has 0 atom stereocenters. The smallest absolute Gasteiger partial charge is 0.435 e. The number of hydrogen-bond donors (Lipinski definition) is 1. The van der Waals surface area contributed by atoms with E-state index >= 15 is 0 Å². The van der Waals surface area contributed by atoms with E-state index in [-0.39, 0.29) is 16.5 Å². The molecule has 0 aliphatic rings. The van der Waals surface area contributed by atoms with Crippen LogP contribution in [0.4, 0.5) is 18.9 Å². The first-order chi connectivity index (χ1) is 10.2. The van der Waals surface area contributed by atoms with Gasteiger partial charge in [0.25, 0.3) is 5.91 Å². The van der Waals surface area contributed by atoms with Crippen LogP contribution in [0.5, 0.6) is 5.75 Å². The minimum Gasteiger partial charge on any atom is -0.493 e. The second-order valence-corrected chi connectivity index (χ2v) is 4.74. The topological polar surface area (TPSA) is 56.1 Å². The molecule has 118 valence electrons. The predicted octanol–water partition coefficient (Wildman–Crippen LogP) is 3.35. The fraction of sp³-hybridized carbons (Fsp3) is 0.231. The van der Waals surface area contributed by atoms with Gasteiger partial charge in [0.1, 0.15) is 0 Å². The Hall–Kier alpha value is -2.22. The minimum atomic E-state index is -4.73. The summed E-state index contributed by atoms with van der Waals surface area (Å²) in [5.41, 5.74) is -1.68. The Morgan fingerprint density at radius 1 is 1.41 bits per heavy atom. The van der Waals surface area contributed by atoms with Crippen molar-refractivity contribution in [3.8, 4) is 5.75 Å². The number of hydrogen-bond acceptors (Lipinski definition) is 3. The number of nitrogens with one attached hydrogen (secondary N) is 1. The van der Waals surface area contributed by atoms with E-state index < -0.39 is 23.3 Å². The number of anilines is 1. The van der Waals surface area contributed by atoms with Crippen molar-refractivity contribution < 1.29 is 22.7 Å². The van der Waals surface area contributed by atoms with Crippen LogP contribution in [0.25, 0.3) is 0 Å². The van der Waals surface area contributed by atoms with Crippen LogP contribution in [0, 0.1) is 0 Å². The average Bonchev–Trinajstić information content (AvgIpc) is 2.81. The minimum absolute atomic E-state index is 0.162. The van der Waals surface area contributed by atoms with Crippen molar-refractivity contribution in [1.82, 2.24) is 9.78 Å². The zero-order valence-electron chi connectivity index (χ0n) is 11.5. The molecule has 9 heteroatoms. The molecule has 0 spiro atoms. The van der Waals surface area contributed by atoms with Gasteiger partial charge in [-0.25, -0.2) is 0 Å². The first kappa shape index (κ1) is 16.2. The zero-order chi connectivity index (χ0) is 16.5. The highest BCUT2D eigenvalue weighted by Crippen LogP contribution is 2.34. The van der Waals surface area contributed by atoms with Gasteiger partial charge in [-0.15, -0.1) is 0 Å². The van der Waals surface area contributed by atoms with Crippen LogP contribution in [0.15, 0.2) is 24.4 Å². The average molecular weight is 334 g/mol. The highest BCUT2D eigenvalue weighted by Gasteiger charge is 2.39. The number of aryl methyl sites for hydroxylation is 1. The van der Waals surface area contributed by atoms with Gasteiger partial charge in [0, 0.05) is 13.2 Å². The molecule has 2 aromatic rings. The molecule has 5 nitrogen and oxygen atoms in total. The highest BCUT2D eigenvalue weighted by molar-refractivity contribution is 6.32. The largest absolute Gasteiger partial charge is 0.493 e. The molecule has 0 saturated heterocycles. The third-order valence-corrected chi connectivity index (χ3v) is 3.06. The number of benzene rings is 1. The van der Waals surface area contributed by atoms with Crippen LogP contribution < -0.4 is 10.1 Å². The van der Waals surface area contributed by atoms with Crippen LogP contribution in [0.1, 0.15) is 16.1 Å². The van der Waals surface area contributed by atoms with Crippen molar-refractivity contribution in [3.63, 3.8) is 0 Å². The number of halogens is 4. The second-order valence-electron chi connectivity index (χ2n) is 4.34. The van der Waals surface area contributed by atoms with Gasteiger partial charge in [-0.3, -0.25) is 9.48 Å². The van der Waals surface area contributed by atoms with Gasteiger partial charge in [-0.2, -0.15) is 18.3 Å². The van der Waals surface area contributed by atoms with Crippen molar-refractivity contribution in [2.75, 3.05) is 12.4 Å². The summed E-state index contributed by atoms with van der Waals surface area (Å²) in [6.07, 6.45) is -3.73. The Morgan fingerprint density at radius 3 is 2.68 bits per heavy atom. The molecule has 1 aromatic carbocycles. The Kier molecular flexibility index (Phi) is 4.32. The molecule has 2 rings (SSSR count). The third-order valence-electron chi connectivity index (χ3n) is 2.76. The molecule has 0 unspecified atom stereocenters. The maximum Gasteiger partial charge on any atom is 0.435 e. The second kappa shape index (κ2) is 5.88. The molecule has 1 heterocycles. The molecular weight excluding hydrogens is 323 g/mol. The lowest BCUT2D eigenvalue weighted by Gasteiger charge is -2.11. The van der Waals surface area contributed by atoms with Crippen LogP contribution in [0.2, 0.25) is 5.02 Å². The van der Waals surface area contributed by atoms with Gasteiger partial charge in [0.05, 0.1) is 23.4 Å². The Morgan fingerprint density at radius 2 is 2.09 bits per heavy atom. The van der Waals surface area contributed by atoms with Crippen LogP contribution in [-0.4, -0.2) is 22.8 Å². The van der Waals surface area contributed by atoms with Crippen LogP contribution in [0.3, 0.4) is 0 Å². The predicted molar refractivity (Wildman–Crippen MR) is 74.2 cm³/mol. The lowest BCUT2D eigenvalue weighted by molar-refractivity contribution is -0.141. The summed E-state index contributed by atoms with van der Waals surface area (Å²) in [6, 6.07) is 4.53. The number of para-hydroxylation sites is 1. The molecule has 0 radical (unpaired) electrons. The number of rotatable bonds is 3. The number of methoxy groups -OCH3 is 1. The molecule has 22 heavy (non-hydrogen) atoms. The number of nitrogens with zero attached hydrogens (tertiary/aromatic N) is 2. The summed E-state index contributed by atoms with van der Waals surface area (Å²) in [5, 5.41) is 5.85. The lowest BCUT2D eigenvalue weighted by Crippen LogP contribution is -2.18. The van der Waals surface area contributed by atoms with E-state index in [1.807, 2.05) is 0 Å². The van der Waals surface area contributed by atoms with Crippen molar-refractivity contribution in [2.45, 2.75) is 6.18 Å². The Labute approximate surface area is 128 Å². The number of alkyl halides is 3. The first-order valence-electron chi connectivity index (χ1n) is 5.98. The van der Waals surface area contributed by atoms with Crippen molar-refractivity contribution in [3.05, 3.63) is 40.7 Å². The van der Waals surface area contributed by atoms with Crippen molar-refractivity contribution in [2.24, 2.45) is 7.05 Å². The molecule has 0 aliphatic carbocycles. The van der Waals surface area contributed by atoms with Gasteiger partial charge < -0.3 is 10.1 Å². The van der Waals surface area contributed by atoms with Gasteiger partial charge in [-0.05, 0) is 12.1 Å². The Bertz CT molecular complexity index is 713. The third kappa shape index (κ3) is 3.16. The molecule has 0 saturated carbocycles. The zero-order valence-corrected chi connectivity index (χ0v) is 12.3. The highest BCUT2D eigenvalue weighted by atomic mass is 35.5. The van der Waals surface area contributed by atoms with E-state index in [1.54, 1.807) is 0 Å². The maximum absolute atomic E-state index is 12.9. The summed E-state index contributed by atoms with van der Waals surface area (Å²) in [4.78, 5) is 12.1. The van der Waals surface area contributed by atoms with E-state index in [1.165, 1.54) is 32.4 Å². The number of ether oxygens (including phenoxy) is 1. The normalized spacial score (nSPS) is 11.4. The first-order valence-corrected chi connectivity index (χ1v) is 6.36. The van der Waals surface area contributed by atoms with Gasteiger partial charge in [0.2, 0.25) is 0 Å². The van der Waals surface area contributed by atoms with Gasteiger partial charge >= 0.3 is 6.18 Å². The van der Waals surface area contributed by atoms with Crippen molar-refractivity contribution in [1.29, 1.82) is 0 Å². The molecule has 0 fully saturated rings. The standard InChI is InChI=1S/C13H11ClF3N3O2/c1-20-6-7(11(19-20)13(15,16)17)12(21)18-9-5-3-4-8(14)10(9)22-2/h3-6H,1-2H3,(H,18,21). The van der Waals surface area contributed by atoms with Gasteiger partial charge in [0.15, 0.2) is 11.4 Å². The lowest BCUT2D eigenvalue weighted by atomic mass is 10.2. The van der Waals surface area contributed by atoms with E-state index in [0.717, 1.165) is 10.9 Å². The van der Waals surface area contributed by atoms with E-state index in [4.69, 9.17) is 16.3 Å². The van der Waals surface area contributed by atoms with Crippen molar-refractivity contribution >= 4 is 23.2 Å². The summed E-state index contributed by atoms with van der Waals surface area (Å²) in [7, 11) is 2.63. The van der Waals surface area contributed by atoms with E-state index in [0.29, 0.717) is 0 Å². The fourth-order valence-electron chi connectivity index (χ4n) is 1.87. The summed E-state index contributed by atoms with van der Waals surface area (Å²) < 4.78 is 44.6. The molecule has 1 N–H and O–H groups in total. The molecule has 1 amide bonds. The SMILES string of the molecule is COc1c(Cl)cccc1NC(=O)c1cn(C)nc1C(F)(F)F. The maximum atomic E-state index is 12.9. The fourth-order valence-corrected chi connectivity index (χ4v) is 2.12. The number of carbonyl (C=O) groups excluding carboxylic acids is 1. The monoisotopic (exact) mass is 333 g/mol. The van der Waals surface area contributed by atoms with Gasteiger partial charge in [-0.1, -0.05) is 17.7 Å². The molecule has 0 bridgehead atoms. The summed E-state index contributed by atoms with van der Waals surface area (Å²) >= 11 is 5.89. The number of carbonyl (C=O) groups is 1. The summed E-state index contributed by atoms with van der Waals surface area (Å²) in [6.45, 7) is 0. The van der Waals surface area contributed by atoms with Crippen LogP contribution in [-0.2, 0) is 13.2 Å². The van der Waals surface area contributed by atoms with E-state index in [2.05, 4.69) is 10.4 Å². The molecular formula is C13H11ClF3N3O2. The number of aromatic nitrogens is 2.